The van der Waals surface area contributed by atoms with Crippen LogP contribution >= 0.6 is 0 Å². The smallest absolute Gasteiger partial charge is 0.318 e. The molecule has 0 saturated carbocycles. The highest BCUT2D eigenvalue weighted by Gasteiger charge is 2.33. The normalized spacial score (nSPS) is 14.9. The SMILES string of the molecule is Cc1ccc(NC(=O)N2Cc3ccccc3-n3cccc3C2c2cc(F)cc(F)c2)cc1C. The largest absolute Gasteiger partial charge is 0.322 e. The standard InChI is InChI=1S/C27H23F2N3O/c1-17-9-10-23(12-18(17)2)30-27(33)32-16-19-6-3-4-7-24(19)31-11-5-8-25(31)26(32)20-13-21(28)15-22(29)14-20/h3-15,26H,16H2,1-2H3,(H,30,33). The average molecular weight is 443 g/mol. The van der Waals surface area contributed by atoms with Gasteiger partial charge in [-0.15, -0.1) is 0 Å². The number of nitrogens with zero attached hydrogens (tertiary/aromatic N) is 2. The van der Waals surface area contributed by atoms with Crippen molar-refractivity contribution in [1.29, 1.82) is 0 Å². The summed E-state index contributed by atoms with van der Waals surface area (Å²) in [5.41, 5.74) is 5.84. The fourth-order valence-electron chi connectivity index (χ4n) is 4.44. The van der Waals surface area contributed by atoms with Gasteiger partial charge in [-0.05, 0) is 78.6 Å². The zero-order chi connectivity index (χ0) is 23.1. The van der Waals surface area contributed by atoms with Gasteiger partial charge in [0.15, 0.2) is 0 Å². The number of para-hydroxylation sites is 1. The third kappa shape index (κ3) is 3.89. The van der Waals surface area contributed by atoms with Crippen molar-refractivity contribution in [3.05, 3.63) is 119 Å². The number of amides is 2. The Labute approximate surface area is 191 Å². The van der Waals surface area contributed by atoms with Crippen molar-refractivity contribution in [2.75, 3.05) is 5.32 Å². The summed E-state index contributed by atoms with van der Waals surface area (Å²) in [6.45, 7) is 4.27. The van der Waals surface area contributed by atoms with Crippen molar-refractivity contribution in [1.82, 2.24) is 9.47 Å². The minimum absolute atomic E-state index is 0.275. The maximum absolute atomic E-state index is 14.2. The Morgan fingerprint density at radius 3 is 2.42 bits per heavy atom. The molecule has 33 heavy (non-hydrogen) atoms. The predicted molar refractivity (Wildman–Crippen MR) is 124 cm³/mol. The molecule has 4 nitrogen and oxygen atoms in total. The Hall–Kier alpha value is -3.93. The van der Waals surface area contributed by atoms with Crippen LogP contribution in [0.15, 0.2) is 79.0 Å². The minimum Gasteiger partial charge on any atom is -0.318 e. The van der Waals surface area contributed by atoms with Crippen LogP contribution in [0.3, 0.4) is 0 Å². The second-order valence-corrected chi connectivity index (χ2v) is 8.39. The summed E-state index contributed by atoms with van der Waals surface area (Å²) in [6, 6.07) is 19.6. The summed E-state index contributed by atoms with van der Waals surface area (Å²) in [7, 11) is 0. The first-order valence-corrected chi connectivity index (χ1v) is 10.8. The summed E-state index contributed by atoms with van der Waals surface area (Å²) >= 11 is 0. The fourth-order valence-corrected chi connectivity index (χ4v) is 4.44. The number of anilines is 1. The van der Waals surface area contributed by atoms with Crippen LogP contribution in [0.1, 0.15) is 34.0 Å². The minimum atomic E-state index is -0.691. The second kappa shape index (κ2) is 8.20. The number of benzene rings is 3. The van der Waals surface area contributed by atoms with Gasteiger partial charge in [0, 0.05) is 23.6 Å². The summed E-state index contributed by atoms with van der Waals surface area (Å²) in [6.07, 6.45) is 1.90. The van der Waals surface area contributed by atoms with E-state index in [0.29, 0.717) is 11.3 Å². The first kappa shape index (κ1) is 20.9. The Kier molecular flexibility index (Phi) is 5.21. The number of rotatable bonds is 2. The van der Waals surface area contributed by atoms with E-state index in [2.05, 4.69) is 5.32 Å². The molecule has 0 bridgehead atoms. The number of aryl methyl sites for hydroxylation is 2. The van der Waals surface area contributed by atoms with Gasteiger partial charge in [-0.2, -0.15) is 0 Å². The molecule has 3 aromatic carbocycles. The fraction of sp³-hybridized carbons (Fsp3) is 0.148. The number of fused-ring (bicyclic) bond motifs is 3. The Morgan fingerprint density at radius 2 is 1.67 bits per heavy atom. The highest BCUT2D eigenvalue weighted by molar-refractivity contribution is 5.90. The number of carbonyl (C=O) groups excluding carboxylic acids is 1. The van der Waals surface area contributed by atoms with Gasteiger partial charge in [-0.1, -0.05) is 24.3 Å². The highest BCUT2D eigenvalue weighted by Crippen LogP contribution is 2.37. The van der Waals surface area contributed by atoms with E-state index in [1.54, 1.807) is 4.90 Å². The summed E-state index contributed by atoms with van der Waals surface area (Å²) in [4.78, 5) is 15.3. The third-order valence-corrected chi connectivity index (χ3v) is 6.18. The molecule has 6 heteroatoms. The number of carbonyl (C=O) groups is 1. The molecule has 2 amide bonds. The van der Waals surface area contributed by atoms with E-state index in [1.807, 2.05) is 79.2 Å². The molecule has 1 N–H and O–H groups in total. The summed E-state index contributed by atoms with van der Waals surface area (Å²) < 4.78 is 30.5. The number of halogens is 2. The van der Waals surface area contributed by atoms with E-state index in [0.717, 1.165) is 34.1 Å². The van der Waals surface area contributed by atoms with Crippen LogP contribution in [-0.2, 0) is 6.54 Å². The second-order valence-electron chi connectivity index (χ2n) is 8.39. The van der Waals surface area contributed by atoms with Crippen molar-refractivity contribution in [3.63, 3.8) is 0 Å². The molecular formula is C27H23F2N3O. The molecule has 4 aromatic rings. The quantitative estimate of drug-likeness (QED) is 0.377. The number of hydrogen-bond acceptors (Lipinski definition) is 1. The molecule has 1 atom stereocenters. The van der Waals surface area contributed by atoms with Gasteiger partial charge in [0.25, 0.3) is 0 Å². The molecular weight excluding hydrogens is 420 g/mol. The average Bonchev–Trinajstić information content (AvgIpc) is 3.19. The van der Waals surface area contributed by atoms with Crippen LogP contribution in [0, 0.1) is 25.5 Å². The Balaban J connectivity index is 1.64. The topological polar surface area (TPSA) is 37.3 Å². The lowest BCUT2D eigenvalue weighted by Crippen LogP contribution is -2.38. The van der Waals surface area contributed by atoms with Gasteiger partial charge >= 0.3 is 6.03 Å². The van der Waals surface area contributed by atoms with Gasteiger partial charge in [0.1, 0.15) is 11.6 Å². The van der Waals surface area contributed by atoms with Crippen LogP contribution in [-0.4, -0.2) is 15.5 Å². The lowest BCUT2D eigenvalue weighted by Gasteiger charge is -2.31. The lowest BCUT2D eigenvalue weighted by atomic mass is 10.0. The van der Waals surface area contributed by atoms with Crippen LogP contribution in [0.2, 0.25) is 0 Å². The molecule has 1 aliphatic rings. The Bertz CT molecular complexity index is 1340. The van der Waals surface area contributed by atoms with Crippen molar-refractivity contribution < 1.29 is 13.6 Å². The summed E-state index contributed by atoms with van der Waals surface area (Å²) in [5, 5.41) is 2.98. The molecule has 2 heterocycles. The van der Waals surface area contributed by atoms with Crippen LogP contribution in [0.4, 0.5) is 19.3 Å². The predicted octanol–water partition coefficient (Wildman–Crippen LogP) is 6.51. The zero-order valence-electron chi connectivity index (χ0n) is 18.3. The van der Waals surface area contributed by atoms with Crippen LogP contribution in [0.5, 0.6) is 0 Å². The van der Waals surface area contributed by atoms with E-state index < -0.39 is 17.7 Å². The zero-order valence-corrected chi connectivity index (χ0v) is 18.3. The Morgan fingerprint density at radius 1 is 0.909 bits per heavy atom. The van der Waals surface area contributed by atoms with Crippen molar-refractivity contribution in [2.45, 2.75) is 26.4 Å². The van der Waals surface area contributed by atoms with Crippen LogP contribution in [0.25, 0.3) is 5.69 Å². The molecule has 1 aromatic heterocycles. The van der Waals surface area contributed by atoms with Gasteiger partial charge < -0.3 is 14.8 Å². The van der Waals surface area contributed by atoms with Gasteiger partial charge in [-0.3, -0.25) is 0 Å². The first-order chi connectivity index (χ1) is 15.9. The monoisotopic (exact) mass is 443 g/mol. The highest BCUT2D eigenvalue weighted by atomic mass is 19.1. The number of hydrogen-bond donors (Lipinski definition) is 1. The molecule has 5 rings (SSSR count). The van der Waals surface area contributed by atoms with Crippen molar-refractivity contribution in [2.24, 2.45) is 0 Å². The lowest BCUT2D eigenvalue weighted by molar-refractivity contribution is 0.194. The third-order valence-electron chi connectivity index (χ3n) is 6.18. The maximum Gasteiger partial charge on any atom is 0.322 e. The van der Waals surface area contributed by atoms with Gasteiger partial charge in [-0.25, -0.2) is 13.6 Å². The number of aromatic nitrogens is 1. The maximum atomic E-state index is 14.2. The van der Waals surface area contributed by atoms with Crippen LogP contribution < -0.4 is 5.32 Å². The van der Waals surface area contributed by atoms with Gasteiger partial charge in [0.05, 0.1) is 18.3 Å². The molecule has 0 fully saturated rings. The molecule has 1 aliphatic heterocycles. The van der Waals surface area contributed by atoms with E-state index in [4.69, 9.17) is 0 Å². The molecule has 0 spiro atoms. The summed E-state index contributed by atoms with van der Waals surface area (Å²) in [5.74, 6) is -1.36. The number of nitrogens with one attached hydrogen (secondary N) is 1. The van der Waals surface area contributed by atoms with Gasteiger partial charge in [0.2, 0.25) is 0 Å². The van der Waals surface area contributed by atoms with Crippen molar-refractivity contribution >= 4 is 11.7 Å². The van der Waals surface area contributed by atoms with E-state index in [9.17, 15) is 13.6 Å². The molecule has 0 aliphatic carbocycles. The number of urea groups is 1. The molecule has 1 unspecified atom stereocenters. The van der Waals surface area contributed by atoms with E-state index in [-0.39, 0.29) is 12.6 Å². The first-order valence-electron chi connectivity index (χ1n) is 10.8. The van der Waals surface area contributed by atoms with Crippen molar-refractivity contribution in [3.8, 4) is 5.69 Å². The van der Waals surface area contributed by atoms with E-state index in [1.165, 1.54) is 12.1 Å². The molecule has 0 saturated heterocycles. The molecule has 0 radical (unpaired) electrons. The van der Waals surface area contributed by atoms with E-state index >= 15 is 0 Å². The molecule has 166 valence electrons.